The van der Waals surface area contributed by atoms with E-state index in [1.165, 1.54) is 0 Å². The lowest BCUT2D eigenvalue weighted by Crippen LogP contribution is -1.97. The Kier molecular flexibility index (Phi) is 0.742. The van der Waals surface area contributed by atoms with Crippen LogP contribution in [0, 0.1) is 0 Å². The number of hydrogen-bond donors (Lipinski definition) is 1. The molecule has 8 heavy (non-hydrogen) atoms. The first-order valence-electron chi connectivity index (χ1n) is 2.61. The Bertz CT molecular complexity index is 171. The number of aliphatic hydroxyl groups is 1. The summed E-state index contributed by atoms with van der Waals surface area (Å²) in [6.07, 6.45) is 5.80. The molecular formula is C6H6OS. The van der Waals surface area contributed by atoms with E-state index in [9.17, 15) is 0 Å². The number of fused-ring (bicyclic) bond motifs is 1. The second kappa shape index (κ2) is 1.32. The Balaban J connectivity index is 2.30. The van der Waals surface area contributed by atoms with Crippen LogP contribution in [-0.4, -0.2) is 15.6 Å². The van der Waals surface area contributed by atoms with Crippen molar-refractivity contribution < 1.29 is 5.11 Å². The molecule has 1 N–H and O–H groups in total. The molecule has 0 aromatic rings. The molecule has 2 aliphatic rings. The van der Waals surface area contributed by atoms with Gasteiger partial charge in [0.2, 0.25) is 0 Å². The molecule has 0 spiro atoms. The third kappa shape index (κ3) is 0.494. The lowest BCUT2D eigenvalue weighted by atomic mass is 10.2. The summed E-state index contributed by atoms with van der Waals surface area (Å²) in [5.74, 6) is 0.544. The molecule has 0 bridgehead atoms. The van der Waals surface area contributed by atoms with Crippen molar-refractivity contribution in [1.82, 2.24) is 0 Å². The fourth-order valence-corrected chi connectivity index (χ4v) is 1.74. The van der Waals surface area contributed by atoms with E-state index < -0.39 is 0 Å². The highest BCUT2D eigenvalue weighted by atomic mass is 32.2. The highest BCUT2D eigenvalue weighted by Gasteiger charge is 2.40. The van der Waals surface area contributed by atoms with Crippen molar-refractivity contribution in [2.75, 3.05) is 0 Å². The van der Waals surface area contributed by atoms with Gasteiger partial charge in [-0.3, -0.25) is 0 Å². The van der Waals surface area contributed by atoms with Gasteiger partial charge in [-0.2, -0.15) is 0 Å². The summed E-state index contributed by atoms with van der Waals surface area (Å²) in [5.41, 5.74) is 0. The largest absolute Gasteiger partial charge is 0.511 e. The van der Waals surface area contributed by atoms with Crippen LogP contribution in [0.3, 0.4) is 0 Å². The quantitative estimate of drug-likeness (QED) is 0.496. The maximum Gasteiger partial charge on any atom is 0.107 e. The van der Waals surface area contributed by atoms with E-state index >= 15 is 0 Å². The zero-order valence-corrected chi connectivity index (χ0v) is 5.06. The van der Waals surface area contributed by atoms with Crippen LogP contribution < -0.4 is 0 Å². The van der Waals surface area contributed by atoms with Crippen LogP contribution in [0.5, 0.6) is 0 Å². The minimum atomic E-state index is 0.417. The number of rotatable bonds is 0. The summed E-state index contributed by atoms with van der Waals surface area (Å²) in [7, 11) is 0. The molecule has 2 rings (SSSR count). The number of hydrogen-bond acceptors (Lipinski definition) is 2. The molecule has 1 heterocycles. The topological polar surface area (TPSA) is 20.2 Å². The number of thioether (sulfide) groups is 1. The van der Waals surface area contributed by atoms with Gasteiger partial charge in [-0.05, 0) is 6.08 Å². The SMILES string of the molecule is OC1=CC=CC2SC12. The monoisotopic (exact) mass is 126 g/mol. The lowest BCUT2D eigenvalue weighted by molar-refractivity contribution is 0.401. The molecule has 2 atom stereocenters. The van der Waals surface area contributed by atoms with Crippen LogP contribution in [-0.2, 0) is 0 Å². The lowest BCUT2D eigenvalue weighted by Gasteiger charge is -1.94. The molecule has 1 saturated heterocycles. The van der Waals surface area contributed by atoms with Crippen LogP contribution >= 0.6 is 11.8 Å². The summed E-state index contributed by atoms with van der Waals surface area (Å²) >= 11 is 1.80. The van der Waals surface area contributed by atoms with Crippen molar-refractivity contribution in [3.05, 3.63) is 24.0 Å². The molecule has 42 valence electrons. The Morgan fingerprint density at radius 1 is 1.62 bits per heavy atom. The van der Waals surface area contributed by atoms with Gasteiger partial charge in [0.1, 0.15) is 5.76 Å². The molecule has 1 fully saturated rings. The number of allylic oxidation sites excluding steroid dienone is 2. The van der Waals surface area contributed by atoms with E-state index in [1.54, 1.807) is 17.8 Å². The van der Waals surface area contributed by atoms with Gasteiger partial charge >= 0.3 is 0 Å². The van der Waals surface area contributed by atoms with Crippen LogP contribution in [0.2, 0.25) is 0 Å². The number of aliphatic hydroxyl groups excluding tert-OH is 1. The van der Waals surface area contributed by atoms with Gasteiger partial charge in [-0.25, -0.2) is 0 Å². The van der Waals surface area contributed by atoms with Crippen molar-refractivity contribution >= 4 is 11.8 Å². The standard InChI is InChI=1S/C6H6OS/c7-4-2-1-3-5-6(4)8-5/h1-3,5-7H. The zero-order chi connectivity index (χ0) is 5.56. The highest BCUT2D eigenvalue weighted by molar-refractivity contribution is 8.08. The molecule has 2 heteroatoms. The summed E-state index contributed by atoms with van der Waals surface area (Å²) < 4.78 is 0. The summed E-state index contributed by atoms with van der Waals surface area (Å²) in [5, 5.41) is 10.0. The summed E-state index contributed by atoms with van der Waals surface area (Å²) in [6, 6.07) is 0. The summed E-state index contributed by atoms with van der Waals surface area (Å²) in [6.45, 7) is 0. The van der Waals surface area contributed by atoms with Gasteiger partial charge in [-0.15, -0.1) is 11.8 Å². The van der Waals surface area contributed by atoms with Crippen molar-refractivity contribution in [1.29, 1.82) is 0 Å². The molecule has 1 aliphatic heterocycles. The average molecular weight is 126 g/mol. The Labute approximate surface area is 52.1 Å². The van der Waals surface area contributed by atoms with Crippen molar-refractivity contribution in [2.24, 2.45) is 0 Å². The second-order valence-corrected chi connectivity index (χ2v) is 3.32. The van der Waals surface area contributed by atoms with Gasteiger partial charge < -0.3 is 5.11 Å². The molecule has 1 aliphatic carbocycles. The zero-order valence-electron chi connectivity index (χ0n) is 4.24. The Hall–Kier alpha value is -0.370. The fraction of sp³-hybridized carbons (Fsp3) is 0.333. The first-order valence-corrected chi connectivity index (χ1v) is 3.55. The van der Waals surface area contributed by atoms with E-state index in [4.69, 9.17) is 5.11 Å². The van der Waals surface area contributed by atoms with Crippen LogP contribution in [0.1, 0.15) is 0 Å². The van der Waals surface area contributed by atoms with E-state index in [-0.39, 0.29) is 0 Å². The highest BCUT2D eigenvalue weighted by Crippen LogP contribution is 2.47. The molecule has 0 radical (unpaired) electrons. The molecular weight excluding hydrogens is 120 g/mol. The van der Waals surface area contributed by atoms with Crippen molar-refractivity contribution in [3.8, 4) is 0 Å². The Morgan fingerprint density at radius 3 is 3.12 bits per heavy atom. The van der Waals surface area contributed by atoms with Crippen molar-refractivity contribution in [2.45, 2.75) is 10.5 Å². The summed E-state index contributed by atoms with van der Waals surface area (Å²) in [4.78, 5) is 0. The smallest absolute Gasteiger partial charge is 0.107 e. The fourth-order valence-electron chi connectivity index (χ4n) is 0.867. The third-order valence-electron chi connectivity index (χ3n) is 1.38. The maximum atomic E-state index is 9.01. The van der Waals surface area contributed by atoms with Gasteiger partial charge in [0.05, 0.1) is 5.25 Å². The normalized spacial score (nSPS) is 40.8. The minimum Gasteiger partial charge on any atom is -0.511 e. The van der Waals surface area contributed by atoms with E-state index in [1.807, 2.05) is 6.08 Å². The third-order valence-corrected chi connectivity index (χ3v) is 2.64. The van der Waals surface area contributed by atoms with E-state index in [0.717, 1.165) is 0 Å². The van der Waals surface area contributed by atoms with E-state index in [0.29, 0.717) is 16.3 Å². The first-order chi connectivity index (χ1) is 3.88. The van der Waals surface area contributed by atoms with E-state index in [2.05, 4.69) is 6.08 Å². The predicted molar refractivity (Wildman–Crippen MR) is 35.0 cm³/mol. The second-order valence-electron chi connectivity index (χ2n) is 2.00. The van der Waals surface area contributed by atoms with Gasteiger partial charge in [-0.1, -0.05) is 12.2 Å². The van der Waals surface area contributed by atoms with Crippen molar-refractivity contribution in [3.63, 3.8) is 0 Å². The van der Waals surface area contributed by atoms with Gasteiger partial charge in [0.25, 0.3) is 0 Å². The minimum absolute atomic E-state index is 0.417. The van der Waals surface area contributed by atoms with Crippen LogP contribution in [0.25, 0.3) is 0 Å². The first kappa shape index (κ1) is 4.50. The molecule has 0 aromatic heterocycles. The average Bonchev–Trinajstić information content (AvgIpc) is 2.45. The molecule has 2 unspecified atom stereocenters. The Morgan fingerprint density at radius 2 is 2.50 bits per heavy atom. The van der Waals surface area contributed by atoms with Crippen LogP contribution in [0.4, 0.5) is 0 Å². The predicted octanol–water partition coefficient (Wildman–Crippen LogP) is 1.48. The molecule has 0 saturated carbocycles. The van der Waals surface area contributed by atoms with Crippen LogP contribution in [0.15, 0.2) is 24.0 Å². The molecule has 0 amide bonds. The van der Waals surface area contributed by atoms with Gasteiger partial charge in [0, 0.05) is 5.25 Å². The van der Waals surface area contributed by atoms with Gasteiger partial charge in [0.15, 0.2) is 0 Å². The molecule has 0 aromatic carbocycles. The maximum absolute atomic E-state index is 9.01. The molecule has 1 nitrogen and oxygen atoms in total.